The van der Waals surface area contributed by atoms with Crippen molar-refractivity contribution in [1.29, 1.82) is 0 Å². The molecule has 1 fully saturated rings. The lowest BCUT2D eigenvalue weighted by atomic mass is 9.99. The zero-order valence-corrected chi connectivity index (χ0v) is 7.20. The number of aliphatic hydroxyl groups excluding tert-OH is 4. The van der Waals surface area contributed by atoms with Gasteiger partial charge in [0.05, 0.1) is 6.61 Å². The van der Waals surface area contributed by atoms with Crippen LogP contribution in [0.4, 0.5) is 0 Å². The van der Waals surface area contributed by atoms with E-state index < -0.39 is 37.3 Å². The quantitative estimate of drug-likeness (QED) is 0.386. The van der Waals surface area contributed by atoms with Crippen LogP contribution >= 0.6 is 0 Å². The van der Waals surface area contributed by atoms with Crippen LogP contribution < -0.4 is 0 Å². The molecule has 0 spiro atoms. The summed E-state index contributed by atoms with van der Waals surface area (Å²) in [5.41, 5.74) is 0. The van der Waals surface area contributed by atoms with Crippen molar-refractivity contribution in [2.75, 3.05) is 13.7 Å². The van der Waals surface area contributed by atoms with Gasteiger partial charge >= 0.3 is 0 Å². The van der Waals surface area contributed by atoms with Gasteiger partial charge in [-0.1, -0.05) is 0 Å². The zero-order valence-electron chi connectivity index (χ0n) is 7.20. The molecule has 1 aliphatic heterocycles. The normalized spacial score (nSPS) is 46.4. The highest BCUT2D eigenvalue weighted by atomic mass is 16.6. The van der Waals surface area contributed by atoms with E-state index in [1.807, 2.05) is 0 Å². The monoisotopic (exact) mass is 194 g/mol. The summed E-state index contributed by atoms with van der Waals surface area (Å²) in [4.78, 5) is 0. The lowest BCUT2D eigenvalue weighted by Gasteiger charge is -2.39. The average Bonchev–Trinajstić information content (AvgIpc) is 2.12. The molecule has 0 radical (unpaired) electrons. The Morgan fingerprint density at radius 1 is 1.23 bits per heavy atom. The highest BCUT2D eigenvalue weighted by Crippen LogP contribution is 2.21. The predicted molar refractivity (Wildman–Crippen MR) is 40.8 cm³/mol. The molecule has 1 aliphatic rings. The largest absolute Gasteiger partial charge is 0.394 e. The van der Waals surface area contributed by atoms with Gasteiger partial charge in [0.1, 0.15) is 24.4 Å². The van der Waals surface area contributed by atoms with Crippen LogP contribution in [0.15, 0.2) is 0 Å². The molecule has 0 aromatic rings. The van der Waals surface area contributed by atoms with Gasteiger partial charge in [-0.05, 0) is 0 Å². The molecule has 1 heterocycles. The van der Waals surface area contributed by atoms with Gasteiger partial charge in [-0.15, -0.1) is 0 Å². The van der Waals surface area contributed by atoms with Crippen LogP contribution in [0.3, 0.4) is 0 Å². The van der Waals surface area contributed by atoms with E-state index in [-0.39, 0.29) is 0 Å². The minimum atomic E-state index is -1.44. The van der Waals surface area contributed by atoms with Gasteiger partial charge in [0.15, 0.2) is 6.29 Å². The highest BCUT2D eigenvalue weighted by molar-refractivity contribution is 4.89. The van der Waals surface area contributed by atoms with Crippen LogP contribution in [-0.4, -0.2) is 64.8 Å². The van der Waals surface area contributed by atoms with Gasteiger partial charge in [-0.3, -0.25) is 0 Å². The number of hydrogen-bond acceptors (Lipinski definition) is 6. The lowest BCUT2D eigenvalue weighted by Crippen LogP contribution is -2.59. The van der Waals surface area contributed by atoms with Gasteiger partial charge in [0.2, 0.25) is 0 Å². The standard InChI is InChI=1S/C7H14O6/c1-12-6-4(9)3(2-8)13-7(11)5(6)10/h3-11H,2H2,1H3/t3-,4-,5+,6-,7-/m1/s1. The Morgan fingerprint density at radius 3 is 2.31 bits per heavy atom. The maximum Gasteiger partial charge on any atom is 0.184 e. The first kappa shape index (κ1) is 10.8. The average molecular weight is 194 g/mol. The molecule has 4 N–H and O–H groups in total. The molecule has 6 nitrogen and oxygen atoms in total. The second kappa shape index (κ2) is 4.32. The third kappa shape index (κ3) is 1.98. The smallest absolute Gasteiger partial charge is 0.184 e. The molecule has 1 saturated heterocycles. The van der Waals surface area contributed by atoms with Crippen LogP contribution in [-0.2, 0) is 9.47 Å². The minimum absolute atomic E-state index is 0.440. The molecule has 0 saturated carbocycles. The van der Waals surface area contributed by atoms with Crippen LogP contribution in [0.5, 0.6) is 0 Å². The zero-order chi connectivity index (χ0) is 10.0. The highest BCUT2D eigenvalue weighted by Gasteiger charge is 2.43. The number of ether oxygens (including phenoxy) is 2. The van der Waals surface area contributed by atoms with Crippen molar-refractivity contribution in [2.24, 2.45) is 0 Å². The topological polar surface area (TPSA) is 99.4 Å². The fourth-order valence-electron chi connectivity index (χ4n) is 1.35. The van der Waals surface area contributed by atoms with Gasteiger partial charge in [-0.2, -0.15) is 0 Å². The molecule has 6 heteroatoms. The first-order valence-corrected chi connectivity index (χ1v) is 3.95. The van der Waals surface area contributed by atoms with Gasteiger partial charge in [0, 0.05) is 7.11 Å². The van der Waals surface area contributed by atoms with Crippen molar-refractivity contribution in [3.8, 4) is 0 Å². The van der Waals surface area contributed by atoms with Crippen LogP contribution in [0, 0.1) is 0 Å². The molecule has 0 aromatic heterocycles. The SMILES string of the molecule is CO[C@H]1[C@H](O)[C@H](O)O[C@H](CO)[C@H]1O. The number of rotatable bonds is 2. The van der Waals surface area contributed by atoms with E-state index in [1.165, 1.54) is 7.11 Å². The third-order valence-electron chi connectivity index (χ3n) is 2.11. The fourth-order valence-corrected chi connectivity index (χ4v) is 1.35. The summed E-state index contributed by atoms with van der Waals surface area (Å²) in [7, 11) is 1.30. The Balaban J connectivity index is 2.69. The third-order valence-corrected chi connectivity index (χ3v) is 2.11. The van der Waals surface area contributed by atoms with E-state index in [0.717, 1.165) is 0 Å². The van der Waals surface area contributed by atoms with Gasteiger partial charge in [-0.25, -0.2) is 0 Å². The Labute approximate surface area is 75.3 Å². The Morgan fingerprint density at radius 2 is 1.85 bits per heavy atom. The van der Waals surface area contributed by atoms with Crippen molar-refractivity contribution in [1.82, 2.24) is 0 Å². The first-order chi connectivity index (χ1) is 6.11. The van der Waals surface area contributed by atoms with E-state index in [9.17, 15) is 10.2 Å². The number of aliphatic hydroxyl groups is 4. The van der Waals surface area contributed by atoms with Crippen molar-refractivity contribution >= 4 is 0 Å². The molecular formula is C7H14O6. The van der Waals surface area contributed by atoms with Crippen LogP contribution in [0.1, 0.15) is 0 Å². The summed E-state index contributed by atoms with van der Waals surface area (Å²) < 4.78 is 9.48. The van der Waals surface area contributed by atoms with E-state index in [2.05, 4.69) is 0 Å². The molecule has 5 atom stereocenters. The summed E-state index contributed by atoms with van der Waals surface area (Å²) in [5.74, 6) is 0. The second-order valence-corrected chi connectivity index (χ2v) is 2.93. The maximum absolute atomic E-state index is 9.44. The molecule has 0 aromatic carbocycles. The van der Waals surface area contributed by atoms with E-state index >= 15 is 0 Å². The Kier molecular flexibility index (Phi) is 3.60. The molecule has 13 heavy (non-hydrogen) atoms. The minimum Gasteiger partial charge on any atom is -0.394 e. The Hall–Kier alpha value is -0.240. The molecule has 1 rings (SSSR count). The summed E-state index contributed by atoms with van der Waals surface area (Å²) >= 11 is 0. The second-order valence-electron chi connectivity index (χ2n) is 2.93. The summed E-state index contributed by atoms with van der Waals surface area (Å²) in [6.07, 6.45) is -5.76. The van der Waals surface area contributed by atoms with Crippen molar-refractivity contribution in [3.63, 3.8) is 0 Å². The number of methoxy groups -OCH3 is 1. The summed E-state index contributed by atoms with van der Waals surface area (Å²) in [6.45, 7) is -0.440. The maximum atomic E-state index is 9.44. The van der Waals surface area contributed by atoms with Crippen molar-refractivity contribution in [2.45, 2.75) is 30.7 Å². The molecule has 0 unspecified atom stereocenters. The fraction of sp³-hybridized carbons (Fsp3) is 1.00. The summed E-state index contributed by atoms with van der Waals surface area (Å²) in [6, 6.07) is 0. The number of hydrogen-bond donors (Lipinski definition) is 4. The first-order valence-electron chi connectivity index (χ1n) is 3.95. The van der Waals surface area contributed by atoms with Gasteiger partial charge in [0.25, 0.3) is 0 Å². The van der Waals surface area contributed by atoms with Crippen LogP contribution in [0.2, 0.25) is 0 Å². The molecule has 0 aliphatic carbocycles. The summed E-state index contributed by atoms with van der Waals surface area (Å²) in [5, 5.41) is 36.6. The predicted octanol–water partition coefficient (Wildman–Crippen LogP) is -2.57. The van der Waals surface area contributed by atoms with E-state index in [4.69, 9.17) is 19.7 Å². The van der Waals surface area contributed by atoms with Crippen molar-refractivity contribution < 1.29 is 29.9 Å². The van der Waals surface area contributed by atoms with E-state index in [0.29, 0.717) is 0 Å². The molecule has 0 amide bonds. The van der Waals surface area contributed by atoms with E-state index in [1.54, 1.807) is 0 Å². The van der Waals surface area contributed by atoms with Crippen LogP contribution in [0.25, 0.3) is 0 Å². The lowest BCUT2D eigenvalue weighted by molar-refractivity contribution is -0.290. The molecular weight excluding hydrogens is 180 g/mol. The Bertz CT molecular complexity index is 163. The van der Waals surface area contributed by atoms with Gasteiger partial charge < -0.3 is 29.9 Å². The molecule has 78 valence electrons. The van der Waals surface area contributed by atoms with Crippen molar-refractivity contribution in [3.05, 3.63) is 0 Å². The molecule has 0 bridgehead atoms.